The normalized spacial score (nSPS) is 10.5. The summed E-state index contributed by atoms with van der Waals surface area (Å²) >= 11 is 3.21. The molecule has 170 valence electrons. The molecule has 0 aliphatic rings. The van der Waals surface area contributed by atoms with Crippen LogP contribution in [-0.2, 0) is 26.2 Å². The Labute approximate surface area is 188 Å². The molecule has 6 N–H and O–H groups in total. The number of aromatic nitrogens is 1. The zero-order valence-electron chi connectivity index (χ0n) is 16.0. The van der Waals surface area contributed by atoms with Gasteiger partial charge in [0, 0.05) is 10.2 Å². The summed E-state index contributed by atoms with van der Waals surface area (Å²) < 4.78 is 29.2. The third-order valence-electron chi connectivity index (χ3n) is 3.73. The number of amides is 1. The van der Waals surface area contributed by atoms with Crippen molar-refractivity contribution in [3.8, 4) is 0 Å². The van der Waals surface area contributed by atoms with Gasteiger partial charge in [-0.2, -0.15) is 0 Å². The highest BCUT2D eigenvalue weighted by molar-refractivity contribution is 9.10. The molecule has 0 spiro atoms. The monoisotopic (exact) mass is 516 g/mol. The van der Waals surface area contributed by atoms with Crippen LogP contribution in [0.3, 0.4) is 0 Å². The van der Waals surface area contributed by atoms with Crippen molar-refractivity contribution in [3.63, 3.8) is 0 Å². The second kappa shape index (κ2) is 11.4. The number of nitrogens with zero attached hydrogens (tertiary/aromatic N) is 2. The van der Waals surface area contributed by atoms with E-state index in [1.165, 1.54) is 24.3 Å². The number of anilines is 1. The van der Waals surface area contributed by atoms with Crippen LogP contribution in [0, 0.1) is 6.92 Å². The molecule has 0 saturated carbocycles. The number of rotatable bonds is 9. The molecule has 1 amide bonds. The molecule has 1 aromatic heterocycles. The van der Waals surface area contributed by atoms with E-state index < -0.39 is 21.5 Å². The van der Waals surface area contributed by atoms with Gasteiger partial charge in [-0.05, 0) is 42.4 Å². The summed E-state index contributed by atoms with van der Waals surface area (Å²) in [4.78, 5) is 29.6. The summed E-state index contributed by atoms with van der Waals surface area (Å²) in [6, 6.07) is 8.94. The first kappa shape index (κ1) is 26.0. The lowest BCUT2D eigenvalue weighted by molar-refractivity contribution is -0.122. The first-order valence-corrected chi connectivity index (χ1v) is 10.8. The first-order valence-electron chi connectivity index (χ1n) is 8.56. The molecule has 2 aromatic rings. The standard InChI is InChI=1S/C17H21BrN6O5S.CH4/c1-11-5-6-14(23-30(27,28)13-4-2-3-12(18)9-13)16(26)24(11)10-15(25)21-7-8-29-22-17(19)20;/h2-6,9,23H,7-8,10H2,1H3,(H,21,25)(H4,19,20,22);1H4. The quantitative estimate of drug-likeness (QED) is 0.164. The van der Waals surface area contributed by atoms with E-state index in [2.05, 4.69) is 31.1 Å². The second-order valence-corrected chi connectivity index (χ2v) is 8.64. The summed E-state index contributed by atoms with van der Waals surface area (Å²) in [7, 11) is -3.99. The van der Waals surface area contributed by atoms with Crippen molar-refractivity contribution in [2.24, 2.45) is 16.6 Å². The van der Waals surface area contributed by atoms with E-state index in [0.29, 0.717) is 10.2 Å². The number of hydrogen-bond acceptors (Lipinski definition) is 6. The number of aryl methyl sites for hydroxylation is 1. The first-order chi connectivity index (χ1) is 14.1. The molecule has 11 nitrogen and oxygen atoms in total. The van der Waals surface area contributed by atoms with E-state index in [-0.39, 0.29) is 43.7 Å². The molecule has 13 heteroatoms. The van der Waals surface area contributed by atoms with E-state index in [9.17, 15) is 18.0 Å². The molecule has 0 unspecified atom stereocenters. The van der Waals surface area contributed by atoms with Gasteiger partial charge in [0.1, 0.15) is 18.8 Å². The van der Waals surface area contributed by atoms with Crippen LogP contribution in [0.1, 0.15) is 13.1 Å². The number of oxime groups is 1. The molecule has 1 aromatic carbocycles. The Hall–Kier alpha value is -3.06. The SMILES string of the molecule is C.Cc1ccc(NS(=O)(=O)c2cccc(Br)c2)c(=O)n1CC(=O)NCCON=C(N)N. The van der Waals surface area contributed by atoms with Crippen LogP contribution >= 0.6 is 15.9 Å². The highest BCUT2D eigenvalue weighted by Gasteiger charge is 2.18. The van der Waals surface area contributed by atoms with Gasteiger partial charge < -0.3 is 26.2 Å². The summed E-state index contributed by atoms with van der Waals surface area (Å²) in [5.41, 5.74) is 9.85. The van der Waals surface area contributed by atoms with Crippen LogP contribution < -0.4 is 27.1 Å². The summed E-state index contributed by atoms with van der Waals surface area (Å²) in [5.74, 6) is -0.717. The van der Waals surface area contributed by atoms with E-state index in [1.54, 1.807) is 19.1 Å². The number of carbonyl (C=O) groups excluding carboxylic acids is 1. The number of nitrogens with one attached hydrogen (secondary N) is 2. The molecule has 0 fully saturated rings. The molecule has 0 saturated heterocycles. The summed E-state index contributed by atoms with van der Waals surface area (Å²) in [5, 5.41) is 5.85. The number of hydrogen-bond donors (Lipinski definition) is 4. The number of carbonyl (C=O) groups is 1. The molecule has 31 heavy (non-hydrogen) atoms. The van der Waals surface area contributed by atoms with Crippen molar-refractivity contribution in [2.45, 2.75) is 25.8 Å². The van der Waals surface area contributed by atoms with Crippen molar-refractivity contribution in [3.05, 3.63) is 56.9 Å². The molecule has 1 heterocycles. The third kappa shape index (κ3) is 7.61. The van der Waals surface area contributed by atoms with Crippen molar-refractivity contribution in [1.82, 2.24) is 9.88 Å². The number of halogens is 1. The minimum absolute atomic E-state index is 0. The average molecular weight is 517 g/mol. The fraction of sp³-hybridized carbons (Fsp3) is 0.278. The minimum atomic E-state index is -3.99. The maximum absolute atomic E-state index is 12.7. The van der Waals surface area contributed by atoms with Crippen LogP contribution in [0.4, 0.5) is 5.69 Å². The third-order valence-corrected chi connectivity index (χ3v) is 5.59. The van der Waals surface area contributed by atoms with Crippen molar-refractivity contribution >= 4 is 43.5 Å². The van der Waals surface area contributed by atoms with Gasteiger partial charge in [0.25, 0.3) is 15.6 Å². The predicted molar refractivity (Wildman–Crippen MR) is 122 cm³/mol. The largest absolute Gasteiger partial charge is 0.391 e. The maximum atomic E-state index is 12.7. The smallest absolute Gasteiger partial charge is 0.275 e. The predicted octanol–water partition coefficient (Wildman–Crippen LogP) is 0.677. The molecule has 0 bridgehead atoms. The van der Waals surface area contributed by atoms with Gasteiger partial charge in [0.2, 0.25) is 11.9 Å². The Morgan fingerprint density at radius 2 is 1.97 bits per heavy atom. The fourth-order valence-corrected chi connectivity index (χ4v) is 3.99. The van der Waals surface area contributed by atoms with Crippen LogP contribution in [0.15, 0.2) is 55.7 Å². The van der Waals surface area contributed by atoms with E-state index in [4.69, 9.17) is 16.3 Å². The van der Waals surface area contributed by atoms with Crippen LogP contribution in [0.5, 0.6) is 0 Å². The van der Waals surface area contributed by atoms with E-state index >= 15 is 0 Å². The van der Waals surface area contributed by atoms with Gasteiger partial charge in [-0.25, -0.2) is 8.42 Å². The second-order valence-electron chi connectivity index (χ2n) is 6.04. The van der Waals surface area contributed by atoms with E-state index in [0.717, 1.165) is 4.57 Å². The molecule has 0 aliphatic heterocycles. The number of guanidine groups is 1. The zero-order valence-corrected chi connectivity index (χ0v) is 18.4. The van der Waals surface area contributed by atoms with Crippen LogP contribution in [-0.4, -0.2) is 38.0 Å². The topological polar surface area (TPSA) is 171 Å². The van der Waals surface area contributed by atoms with E-state index in [1.807, 2.05) is 0 Å². The Morgan fingerprint density at radius 1 is 1.26 bits per heavy atom. The molecule has 2 rings (SSSR count). The van der Waals surface area contributed by atoms with Crippen molar-refractivity contribution in [1.29, 1.82) is 0 Å². The molecule has 0 radical (unpaired) electrons. The lowest BCUT2D eigenvalue weighted by Gasteiger charge is -2.13. The van der Waals surface area contributed by atoms with Gasteiger partial charge >= 0.3 is 0 Å². The van der Waals surface area contributed by atoms with Gasteiger partial charge in [-0.3, -0.25) is 14.3 Å². The summed E-state index contributed by atoms with van der Waals surface area (Å²) in [6.45, 7) is 1.46. The van der Waals surface area contributed by atoms with Crippen molar-refractivity contribution < 1.29 is 18.0 Å². The lowest BCUT2D eigenvalue weighted by Crippen LogP contribution is -2.36. The highest BCUT2D eigenvalue weighted by Crippen LogP contribution is 2.18. The number of pyridine rings is 1. The zero-order chi connectivity index (χ0) is 22.3. The summed E-state index contributed by atoms with van der Waals surface area (Å²) in [6.07, 6.45) is 0. The Bertz CT molecular complexity index is 1110. The van der Waals surface area contributed by atoms with Gasteiger partial charge in [-0.15, -0.1) is 0 Å². The number of sulfonamides is 1. The molecule has 0 aliphatic carbocycles. The van der Waals surface area contributed by atoms with Gasteiger partial charge in [0.15, 0.2) is 0 Å². The Kier molecular flexibility index (Phi) is 9.52. The Balaban J connectivity index is 0.00000480. The van der Waals surface area contributed by atoms with Gasteiger partial charge in [-0.1, -0.05) is 29.4 Å². The fourth-order valence-electron chi connectivity index (χ4n) is 2.34. The maximum Gasteiger partial charge on any atom is 0.275 e. The van der Waals surface area contributed by atoms with Crippen LogP contribution in [0.2, 0.25) is 0 Å². The van der Waals surface area contributed by atoms with Gasteiger partial charge in [0.05, 0.1) is 11.4 Å². The number of benzene rings is 1. The lowest BCUT2D eigenvalue weighted by atomic mass is 10.3. The Morgan fingerprint density at radius 3 is 2.61 bits per heavy atom. The molecule has 0 atom stereocenters. The van der Waals surface area contributed by atoms with Crippen molar-refractivity contribution in [2.75, 3.05) is 17.9 Å². The number of nitrogens with two attached hydrogens (primary N) is 2. The minimum Gasteiger partial charge on any atom is -0.391 e. The average Bonchev–Trinajstić information content (AvgIpc) is 2.67. The molecular formula is C18H25BrN6O5S. The molecular weight excluding hydrogens is 492 g/mol. The highest BCUT2D eigenvalue weighted by atomic mass is 79.9. The van der Waals surface area contributed by atoms with Crippen LogP contribution in [0.25, 0.3) is 0 Å².